The number of imidazole rings is 1. The van der Waals surface area contributed by atoms with E-state index in [4.69, 9.17) is 0 Å². The first kappa shape index (κ1) is 19.9. The second-order valence-electron chi connectivity index (χ2n) is 6.55. The van der Waals surface area contributed by atoms with Gasteiger partial charge in [-0.3, -0.25) is 4.79 Å². The Balaban J connectivity index is 1.71. The van der Waals surface area contributed by atoms with Crippen molar-refractivity contribution >= 4 is 26.8 Å². The fourth-order valence-corrected chi connectivity index (χ4v) is 3.64. The molecular formula is C19H19F2N3O3S. The van der Waals surface area contributed by atoms with Crippen molar-refractivity contribution in [1.29, 1.82) is 0 Å². The van der Waals surface area contributed by atoms with E-state index >= 15 is 0 Å². The van der Waals surface area contributed by atoms with Crippen LogP contribution in [0.3, 0.4) is 0 Å². The third kappa shape index (κ3) is 5.13. The van der Waals surface area contributed by atoms with E-state index in [1.54, 1.807) is 28.8 Å². The van der Waals surface area contributed by atoms with Crippen molar-refractivity contribution in [3.05, 3.63) is 65.5 Å². The number of aromatic nitrogens is 2. The molecule has 0 saturated heterocycles. The molecule has 3 rings (SSSR count). The molecule has 1 N–H and O–H groups in total. The molecular weight excluding hydrogens is 388 g/mol. The number of benzene rings is 2. The average molecular weight is 407 g/mol. The van der Waals surface area contributed by atoms with Crippen molar-refractivity contribution in [2.75, 3.05) is 12.8 Å². The Hall–Kier alpha value is -2.81. The number of fused-ring (bicyclic) bond motifs is 1. The lowest BCUT2D eigenvalue weighted by Gasteiger charge is -2.10. The van der Waals surface area contributed by atoms with E-state index in [2.05, 4.69) is 10.3 Å². The molecule has 0 bridgehead atoms. The summed E-state index contributed by atoms with van der Waals surface area (Å²) in [4.78, 5) is 16.7. The smallest absolute Gasteiger partial charge is 0.240 e. The zero-order chi connectivity index (χ0) is 20.3. The van der Waals surface area contributed by atoms with Gasteiger partial charge < -0.3 is 9.88 Å². The van der Waals surface area contributed by atoms with Crippen LogP contribution in [0.2, 0.25) is 0 Å². The van der Waals surface area contributed by atoms with Crippen molar-refractivity contribution in [3.63, 3.8) is 0 Å². The van der Waals surface area contributed by atoms with E-state index in [9.17, 15) is 22.0 Å². The van der Waals surface area contributed by atoms with E-state index in [1.807, 2.05) is 0 Å². The number of carbonyl (C=O) groups excluding carboxylic acids is 1. The molecule has 0 saturated carbocycles. The van der Waals surface area contributed by atoms with Crippen LogP contribution in [-0.4, -0.2) is 36.7 Å². The minimum Gasteiger partial charge on any atom is -0.354 e. The molecule has 0 unspecified atom stereocenters. The molecule has 0 atom stereocenters. The van der Waals surface area contributed by atoms with Crippen LogP contribution in [0.15, 0.2) is 42.5 Å². The summed E-state index contributed by atoms with van der Waals surface area (Å²) in [6.45, 7) is 0.0820. The van der Waals surface area contributed by atoms with Crippen LogP contribution in [0.4, 0.5) is 8.78 Å². The first-order chi connectivity index (χ1) is 13.2. The number of para-hydroxylation sites is 2. The minimum absolute atomic E-state index is 0.108. The summed E-state index contributed by atoms with van der Waals surface area (Å²) < 4.78 is 51.3. The maximum atomic E-state index is 13.2. The van der Waals surface area contributed by atoms with Crippen molar-refractivity contribution in [3.8, 4) is 0 Å². The molecule has 0 aliphatic heterocycles. The lowest BCUT2D eigenvalue weighted by molar-refractivity contribution is -0.121. The van der Waals surface area contributed by atoms with E-state index in [1.165, 1.54) is 12.1 Å². The Bertz CT molecular complexity index is 1110. The second kappa shape index (κ2) is 8.05. The standard InChI is InChI=1S/C19H19F2N3O3S/c1-28(26,27)12-18-23-16-4-2-3-5-17(16)24(18)11-19(25)22-7-6-13-8-14(20)10-15(21)9-13/h2-5,8-10H,6-7,11-12H2,1H3,(H,22,25). The highest BCUT2D eigenvalue weighted by Crippen LogP contribution is 2.17. The first-order valence-corrected chi connectivity index (χ1v) is 10.6. The molecule has 1 heterocycles. The van der Waals surface area contributed by atoms with Gasteiger partial charge in [0, 0.05) is 18.9 Å². The molecule has 0 spiro atoms. The molecule has 1 aromatic heterocycles. The van der Waals surface area contributed by atoms with Crippen LogP contribution < -0.4 is 5.32 Å². The number of rotatable bonds is 7. The van der Waals surface area contributed by atoms with Gasteiger partial charge in [0.15, 0.2) is 9.84 Å². The maximum absolute atomic E-state index is 13.2. The highest BCUT2D eigenvalue weighted by Gasteiger charge is 2.17. The topological polar surface area (TPSA) is 81.1 Å². The minimum atomic E-state index is -3.33. The quantitative estimate of drug-likeness (QED) is 0.651. The monoisotopic (exact) mass is 407 g/mol. The summed E-state index contributed by atoms with van der Waals surface area (Å²) in [5, 5.41) is 2.68. The van der Waals surface area contributed by atoms with E-state index < -0.39 is 21.5 Å². The number of halogens is 2. The number of carbonyl (C=O) groups is 1. The van der Waals surface area contributed by atoms with E-state index in [0.717, 1.165) is 12.3 Å². The van der Waals surface area contributed by atoms with Gasteiger partial charge in [-0.05, 0) is 36.2 Å². The van der Waals surface area contributed by atoms with Crippen LogP contribution in [-0.2, 0) is 33.4 Å². The highest BCUT2D eigenvalue weighted by molar-refractivity contribution is 7.89. The van der Waals surface area contributed by atoms with Crippen LogP contribution in [0.5, 0.6) is 0 Å². The first-order valence-electron chi connectivity index (χ1n) is 8.55. The molecule has 0 radical (unpaired) electrons. The predicted octanol–water partition coefficient (Wildman–Crippen LogP) is 2.22. The molecule has 0 fully saturated rings. The Kier molecular flexibility index (Phi) is 5.73. The number of amides is 1. The van der Waals surface area contributed by atoms with Crippen molar-refractivity contribution in [2.45, 2.75) is 18.7 Å². The zero-order valence-corrected chi connectivity index (χ0v) is 16.0. The molecule has 0 aliphatic rings. The van der Waals surface area contributed by atoms with Crippen LogP contribution in [0, 0.1) is 11.6 Å². The second-order valence-corrected chi connectivity index (χ2v) is 8.69. The summed E-state index contributed by atoms with van der Waals surface area (Å²) in [7, 11) is -3.33. The number of nitrogens with zero attached hydrogens (tertiary/aromatic N) is 2. The Morgan fingerprint density at radius 2 is 1.82 bits per heavy atom. The summed E-state index contributed by atoms with van der Waals surface area (Å²) in [6, 6.07) is 10.3. The summed E-state index contributed by atoms with van der Waals surface area (Å²) in [6.07, 6.45) is 1.37. The molecule has 0 aliphatic carbocycles. The van der Waals surface area contributed by atoms with Gasteiger partial charge in [0.25, 0.3) is 0 Å². The lowest BCUT2D eigenvalue weighted by Crippen LogP contribution is -2.30. The van der Waals surface area contributed by atoms with Crippen molar-refractivity contribution in [1.82, 2.24) is 14.9 Å². The number of sulfone groups is 1. The van der Waals surface area contributed by atoms with Gasteiger partial charge in [-0.1, -0.05) is 12.1 Å². The number of hydrogen-bond donors (Lipinski definition) is 1. The lowest BCUT2D eigenvalue weighted by atomic mass is 10.1. The van der Waals surface area contributed by atoms with Crippen LogP contribution in [0.1, 0.15) is 11.4 Å². The van der Waals surface area contributed by atoms with Gasteiger partial charge >= 0.3 is 0 Å². The molecule has 148 valence electrons. The van der Waals surface area contributed by atoms with Gasteiger partial charge in [0.1, 0.15) is 29.8 Å². The average Bonchev–Trinajstić information content (AvgIpc) is 2.89. The fourth-order valence-electron chi connectivity index (χ4n) is 2.95. The molecule has 3 aromatic rings. The normalized spacial score (nSPS) is 11.7. The van der Waals surface area contributed by atoms with Gasteiger partial charge in [-0.15, -0.1) is 0 Å². The Labute approximate surface area is 161 Å². The largest absolute Gasteiger partial charge is 0.354 e. The van der Waals surface area contributed by atoms with Crippen molar-refractivity contribution in [2.24, 2.45) is 0 Å². The Morgan fingerprint density at radius 1 is 1.14 bits per heavy atom. The van der Waals surface area contributed by atoms with Gasteiger partial charge in [-0.25, -0.2) is 22.2 Å². The van der Waals surface area contributed by atoms with Gasteiger partial charge in [0.2, 0.25) is 5.91 Å². The van der Waals surface area contributed by atoms with E-state index in [-0.39, 0.29) is 37.0 Å². The molecule has 2 aromatic carbocycles. The molecule has 1 amide bonds. The third-order valence-electron chi connectivity index (χ3n) is 4.08. The zero-order valence-electron chi connectivity index (χ0n) is 15.2. The van der Waals surface area contributed by atoms with Crippen LogP contribution >= 0.6 is 0 Å². The van der Waals surface area contributed by atoms with Crippen molar-refractivity contribution < 1.29 is 22.0 Å². The summed E-state index contributed by atoms with van der Waals surface area (Å²) in [5.41, 5.74) is 1.69. The third-order valence-corrected chi connectivity index (χ3v) is 4.87. The Morgan fingerprint density at radius 3 is 2.50 bits per heavy atom. The molecule has 6 nitrogen and oxygen atoms in total. The van der Waals surface area contributed by atoms with E-state index in [0.29, 0.717) is 16.6 Å². The van der Waals surface area contributed by atoms with Gasteiger partial charge in [-0.2, -0.15) is 0 Å². The predicted molar refractivity (Wildman–Crippen MR) is 101 cm³/mol. The molecule has 9 heteroatoms. The fraction of sp³-hybridized carbons (Fsp3) is 0.263. The maximum Gasteiger partial charge on any atom is 0.240 e. The molecule has 28 heavy (non-hydrogen) atoms. The highest BCUT2D eigenvalue weighted by atomic mass is 32.2. The summed E-state index contributed by atoms with van der Waals surface area (Å²) in [5.74, 6) is -1.69. The number of nitrogens with one attached hydrogen (secondary N) is 1. The van der Waals surface area contributed by atoms with Gasteiger partial charge in [0.05, 0.1) is 11.0 Å². The van der Waals surface area contributed by atoms with Crippen LogP contribution in [0.25, 0.3) is 11.0 Å². The summed E-state index contributed by atoms with van der Waals surface area (Å²) >= 11 is 0. The SMILES string of the molecule is CS(=O)(=O)Cc1nc2ccccc2n1CC(=O)NCCc1cc(F)cc(F)c1. The number of hydrogen-bond acceptors (Lipinski definition) is 4.